The number of aryl methyl sites for hydroxylation is 1. The fourth-order valence-corrected chi connectivity index (χ4v) is 3.04. The lowest BCUT2D eigenvalue weighted by Crippen LogP contribution is -2.32. The summed E-state index contributed by atoms with van der Waals surface area (Å²) in [6.45, 7) is 5.28. The Morgan fingerprint density at radius 2 is 1.82 bits per heavy atom. The molecule has 1 amide bonds. The number of Topliss-reactive ketones (excluding diaryl/α,β-unsaturated/α-hetero) is 1. The monoisotopic (exact) mass is 323 g/mol. The summed E-state index contributed by atoms with van der Waals surface area (Å²) in [7, 11) is 0. The van der Waals surface area contributed by atoms with Gasteiger partial charge in [-0.15, -0.1) is 11.8 Å². The summed E-state index contributed by atoms with van der Waals surface area (Å²) in [5, 5.41) is 11.2. The fourth-order valence-electron chi connectivity index (χ4n) is 1.87. The third-order valence-corrected chi connectivity index (χ3v) is 4.63. The number of carbonyl (C=O) groups is 3. The van der Waals surface area contributed by atoms with Crippen LogP contribution in [0.15, 0.2) is 24.3 Å². The van der Waals surface area contributed by atoms with Crippen LogP contribution in [0.3, 0.4) is 0 Å². The van der Waals surface area contributed by atoms with Gasteiger partial charge in [0, 0.05) is 24.8 Å². The van der Waals surface area contributed by atoms with Crippen LogP contribution in [-0.4, -0.2) is 40.3 Å². The van der Waals surface area contributed by atoms with Crippen LogP contribution in [0.1, 0.15) is 29.8 Å². The van der Waals surface area contributed by atoms with Gasteiger partial charge in [-0.3, -0.25) is 14.4 Å². The molecule has 2 atom stereocenters. The second kappa shape index (κ2) is 8.58. The summed E-state index contributed by atoms with van der Waals surface area (Å²) >= 11 is 1.26. The molecule has 6 heteroatoms. The van der Waals surface area contributed by atoms with Crippen molar-refractivity contribution in [2.75, 3.05) is 12.3 Å². The second-order valence-electron chi connectivity index (χ2n) is 5.13. The number of carbonyl (C=O) groups excluding carboxylic acids is 2. The van der Waals surface area contributed by atoms with Crippen molar-refractivity contribution >= 4 is 29.4 Å². The highest BCUT2D eigenvalue weighted by molar-refractivity contribution is 8.00. The van der Waals surface area contributed by atoms with E-state index in [0.717, 1.165) is 5.56 Å². The standard InChI is InChI=1S/C16H21NO4S/c1-10-4-6-13(7-5-10)14(19)15(11(2)16(20)21)22-9-8-17-12(3)18/h4-7,11,15H,8-9H2,1-3H3,(H,17,18)(H,20,21). The Labute approximate surface area is 134 Å². The molecule has 0 aliphatic carbocycles. The number of aliphatic carboxylic acids is 1. The van der Waals surface area contributed by atoms with Gasteiger partial charge < -0.3 is 10.4 Å². The van der Waals surface area contributed by atoms with Gasteiger partial charge in [0.1, 0.15) is 0 Å². The number of carboxylic acids is 1. The Bertz CT molecular complexity index is 542. The largest absolute Gasteiger partial charge is 0.481 e. The molecule has 0 saturated heterocycles. The molecule has 0 heterocycles. The highest BCUT2D eigenvalue weighted by atomic mass is 32.2. The molecule has 0 radical (unpaired) electrons. The van der Waals surface area contributed by atoms with Crippen LogP contribution < -0.4 is 5.32 Å². The number of rotatable bonds is 8. The number of ketones is 1. The lowest BCUT2D eigenvalue weighted by Gasteiger charge is -2.19. The van der Waals surface area contributed by atoms with Crippen molar-refractivity contribution in [3.8, 4) is 0 Å². The van der Waals surface area contributed by atoms with Gasteiger partial charge in [0.05, 0.1) is 11.2 Å². The molecule has 0 saturated carbocycles. The maximum absolute atomic E-state index is 12.6. The van der Waals surface area contributed by atoms with Crippen LogP contribution in [0.2, 0.25) is 0 Å². The predicted octanol–water partition coefficient (Wildman–Crippen LogP) is 2.14. The van der Waals surface area contributed by atoms with Gasteiger partial charge in [0.2, 0.25) is 5.91 Å². The minimum atomic E-state index is -1.00. The van der Waals surface area contributed by atoms with Crippen molar-refractivity contribution in [1.29, 1.82) is 0 Å². The molecule has 0 fully saturated rings. The highest BCUT2D eigenvalue weighted by Crippen LogP contribution is 2.24. The normalized spacial score (nSPS) is 13.2. The van der Waals surface area contributed by atoms with Crippen molar-refractivity contribution in [2.45, 2.75) is 26.0 Å². The van der Waals surface area contributed by atoms with Gasteiger partial charge in [0.25, 0.3) is 0 Å². The molecule has 0 aromatic heterocycles. The molecule has 2 N–H and O–H groups in total. The number of carboxylic acid groups (broad SMARTS) is 1. The van der Waals surface area contributed by atoms with Crippen LogP contribution in [-0.2, 0) is 9.59 Å². The Balaban J connectivity index is 2.80. The van der Waals surface area contributed by atoms with Crippen LogP contribution in [0.5, 0.6) is 0 Å². The maximum atomic E-state index is 12.6. The average molecular weight is 323 g/mol. The fraction of sp³-hybridized carbons (Fsp3) is 0.438. The third kappa shape index (κ3) is 5.52. The first-order valence-electron chi connectivity index (χ1n) is 7.02. The van der Waals surface area contributed by atoms with Crippen molar-refractivity contribution in [3.63, 3.8) is 0 Å². The summed E-state index contributed by atoms with van der Waals surface area (Å²) in [6, 6.07) is 7.09. The van der Waals surface area contributed by atoms with E-state index in [4.69, 9.17) is 0 Å². The van der Waals surface area contributed by atoms with Gasteiger partial charge >= 0.3 is 5.97 Å². The van der Waals surface area contributed by atoms with Gasteiger partial charge in [-0.25, -0.2) is 0 Å². The van der Waals surface area contributed by atoms with E-state index < -0.39 is 17.1 Å². The zero-order valence-corrected chi connectivity index (χ0v) is 13.8. The smallest absolute Gasteiger partial charge is 0.307 e. The predicted molar refractivity (Wildman–Crippen MR) is 87.2 cm³/mol. The summed E-state index contributed by atoms with van der Waals surface area (Å²) in [4.78, 5) is 34.6. The van der Waals surface area contributed by atoms with Crippen LogP contribution in [0.25, 0.3) is 0 Å². The number of benzene rings is 1. The SMILES string of the molecule is CC(=O)NCCSC(C(=O)c1ccc(C)cc1)C(C)C(=O)O. The van der Waals surface area contributed by atoms with Gasteiger partial charge in [0.15, 0.2) is 5.78 Å². The molecule has 120 valence electrons. The summed E-state index contributed by atoms with van der Waals surface area (Å²) in [5.41, 5.74) is 1.55. The molecular formula is C16H21NO4S. The lowest BCUT2D eigenvalue weighted by molar-refractivity contribution is -0.140. The molecular weight excluding hydrogens is 302 g/mol. The van der Waals surface area contributed by atoms with Gasteiger partial charge in [-0.2, -0.15) is 0 Å². The number of amides is 1. The van der Waals surface area contributed by atoms with E-state index >= 15 is 0 Å². The van der Waals surface area contributed by atoms with Crippen molar-refractivity contribution in [2.24, 2.45) is 5.92 Å². The first kappa shape index (κ1) is 18.2. The van der Waals surface area contributed by atoms with E-state index in [1.807, 2.05) is 19.1 Å². The third-order valence-electron chi connectivity index (χ3n) is 3.21. The highest BCUT2D eigenvalue weighted by Gasteiger charge is 2.31. The minimum Gasteiger partial charge on any atom is -0.481 e. The van der Waals surface area contributed by atoms with E-state index in [1.54, 1.807) is 12.1 Å². The van der Waals surface area contributed by atoms with Crippen molar-refractivity contribution < 1.29 is 19.5 Å². The topological polar surface area (TPSA) is 83.5 Å². The van der Waals surface area contributed by atoms with Crippen LogP contribution in [0.4, 0.5) is 0 Å². The molecule has 1 aromatic carbocycles. The molecule has 1 aromatic rings. The summed E-state index contributed by atoms with van der Waals surface area (Å²) in [6.07, 6.45) is 0. The molecule has 1 rings (SSSR count). The molecule has 0 bridgehead atoms. The summed E-state index contributed by atoms with van der Waals surface area (Å²) in [5.74, 6) is -1.65. The Morgan fingerprint density at radius 1 is 1.23 bits per heavy atom. The van der Waals surface area contributed by atoms with Gasteiger partial charge in [-0.05, 0) is 6.92 Å². The molecule has 2 unspecified atom stereocenters. The molecule has 22 heavy (non-hydrogen) atoms. The number of hydrogen-bond acceptors (Lipinski definition) is 4. The van der Waals surface area contributed by atoms with Crippen LogP contribution >= 0.6 is 11.8 Å². The Morgan fingerprint density at radius 3 is 2.32 bits per heavy atom. The molecule has 0 aliphatic rings. The Hall–Kier alpha value is -1.82. The van der Waals surface area contributed by atoms with E-state index in [-0.39, 0.29) is 11.7 Å². The second-order valence-corrected chi connectivity index (χ2v) is 6.38. The lowest BCUT2D eigenvalue weighted by atomic mass is 9.98. The quantitative estimate of drug-likeness (QED) is 0.566. The maximum Gasteiger partial charge on any atom is 0.307 e. The van der Waals surface area contributed by atoms with E-state index in [1.165, 1.54) is 25.6 Å². The zero-order valence-electron chi connectivity index (χ0n) is 13.0. The van der Waals surface area contributed by atoms with Gasteiger partial charge in [-0.1, -0.05) is 36.8 Å². The first-order valence-corrected chi connectivity index (χ1v) is 8.07. The summed E-state index contributed by atoms with van der Waals surface area (Å²) < 4.78 is 0. The minimum absolute atomic E-state index is 0.145. The molecule has 0 aliphatic heterocycles. The van der Waals surface area contributed by atoms with E-state index in [9.17, 15) is 19.5 Å². The van der Waals surface area contributed by atoms with E-state index in [0.29, 0.717) is 17.9 Å². The van der Waals surface area contributed by atoms with Crippen molar-refractivity contribution in [3.05, 3.63) is 35.4 Å². The molecule has 5 nitrogen and oxygen atoms in total. The van der Waals surface area contributed by atoms with E-state index in [2.05, 4.69) is 5.32 Å². The first-order chi connectivity index (χ1) is 10.3. The number of thioether (sulfide) groups is 1. The Kier molecular flexibility index (Phi) is 7.11. The number of hydrogen-bond donors (Lipinski definition) is 2. The average Bonchev–Trinajstić information content (AvgIpc) is 2.46. The number of nitrogens with one attached hydrogen (secondary N) is 1. The zero-order chi connectivity index (χ0) is 16.7. The van der Waals surface area contributed by atoms with Crippen LogP contribution in [0, 0.1) is 12.8 Å². The molecule has 0 spiro atoms. The van der Waals surface area contributed by atoms with Crippen molar-refractivity contribution in [1.82, 2.24) is 5.32 Å².